The molecule has 3 N–H and O–H groups in total. The molecule has 1 aromatic rings. The van der Waals surface area contributed by atoms with Crippen LogP contribution in [0.1, 0.15) is 58.2 Å². The summed E-state index contributed by atoms with van der Waals surface area (Å²) in [6.45, 7) is 7.72. The van der Waals surface area contributed by atoms with Crippen LogP contribution in [0.5, 0.6) is 0 Å². The van der Waals surface area contributed by atoms with Gasteiger partial charge in [-0.15, -0.1) is 0 Å². The molecule has 1 aliphatic carbocycles. The summed E-state index contributed by atoms with van der Waals surface area (Å²) in [6.07, 6.45) is 7.09. The molecular weight excluding hydrogens is 236 g/mol. The van der Waals surface area contributed by atoms with Gasteiger partial charge in [-0.2, -0.15) is 5.10 Å². The van der Waals surface area contributed by atoms with E-state index < -0.39 is 0 Å². The first-order valence-electron chi connectivity index (χ1n) is 7.65. The zero-order valence-electron chi connectivity index (χ0n) is 12.5. The second kappa shape index (κ2) is 6.53. The Labute approximate surface area is 116 Å². The molecule has 1 heterocycles. The highest BCUT2D eigenvalue weighted by atomic mass is 15.3. The second-order valence-electron chi connectivity index (χ2n) is 6.14. The quantitative estimate of drug-likeness (QED) is 0.635. The summed E-state index contributed by atoms with van der Waals surface area (Å²) in [4.78, 5) is 0. The highest BCUT2D eigenvalue weighted by Crippen LogP contribution is 2.38. The smallest absolute Gasteiger partial charge is 0.0657 e. The summed E-state index contributed by atoms with van der Waals surface area (Å²) in [6, 6.07) is 2.35. The van der Waals surface area contributed by atoms with Crippen molar-refractivity contribution in [2.24, 2.45) is 23.6 Å². The summed E-state index contributed by atoms with van der Waals surface area (Å²) >= 11 is 0. The SMILES string of the molecule is CCn1nccc1C(NN)C1CCC(C(C)C)CC1. The Bertz CT molecular complexity index is 377. The standard InChI is InChI=1S/C15H28N4/c1-4-19-14(9-10-17-19)15(18-16)13-7-5-12(6-8-13)11(2)3/h9-13,15,18H,4-8,16H2,1-3H3. The van der Waals surface area contributed by atoms with Crippen LogP contribution in [0.4, 0.5) is 0 Å². The third kappa shape index (κ3) is 3.18. The molecule has 0 amide bonds. The molecule has 1 saturated carbocycles. The fourth-order valence-electron chi connectivity index (χ4n) is 3.48. The Hall–Kier alpha value is -0.870. The summed E-state index contributed by atoms with van der Waals surface area (Å²) in [5, 5.41) is 4.36. The number of hydrogen-bond acceptors (Lipinski definition) is 3. The van der Waals surface area contributed by atoms with Gasteiger partial charge in [0.1, 0.15) is 0 Å². The lowest BCUT2D eigenvalue weighted by Gasteiger charge is -2.35. The molecule has 1 aromatic heterocycles. The van der Waals surface area contributed by atoms with Gasteiger partial charge >= 0.3 is 0 Å². The van der Waals surface area contributed by atoms with Crippen LogP contribution in [0.2, 0.25) is 0 Å². The zero-order valence-corrected chi connectivity index (χ0v) is 12.5. The maximum atomic E-state index is 5.82. The van der Waals surface area contributed by atoms with E-state index in [-0.39, 0.29) is 6.04 Å². The van der Waals surface area contributed by atoms with Crippen LogP contribution in [-0.2, 0) is 6.54 Å². The van der Waals surface area contributed by atoms with E-state index in [4.69, 9.17) is 5.84 Å². The van der Waals surface area contributed by atoms with Crippen molar-refractivity contribution in [2.45, 2.75) is 59.0 Å². The monoisotopic (exact) mass is 264 g/mol. The molecule has 0 aliphatic heterocycles. The third-order valence-electron chi connectivity index (χ3n) is 4.78. The van der Waals surface area contributed by atoms with Crippen molar-refractivity contribution in [3.63, 3.8) is 0 Å². The molecule has 0 aromatic carbocycles. The molecule has 19 heavy (non-hydrogen) atoms. The average Bonchev–Trinajstić information content (AvgIpc) is 2.88. The van der Waals surface area contributed by atoms with Gasteiger partial charge in [0.25, 0.3) is 0 Å². The van der Waals surface area contributed by atoms with Crippen LogP contribution in [0.3, 0.4) is 0 Å². The highest BCUT2D eigenvalue weighted by Gasteiger charge is 2.30. The lowest BCUT2D eigenvalue weighted by molar-refractivity contribution is 0.185. The third-order valence-corrected chi connectivity index (χ3v) is 4.78. The van der Waals surface area contributed by atoms with Crippen molar-refractivity contribution >= 4 is 0 Å². The van der Waals surface area contributed by atoms with E-state index >= 15 is 0 Å². The predicted molar refractivity (Wildman–Crippen MR) is 78.3 cm³/mol. The average molecular weight is 264 g/mol. The van der Waals surface area contributed by atoms with Crippen LogP contribution >= 0.6 is 0 Å². The fraction of sp³-hybridized carbons (Fsp3) is 0.800. The molecule has 0 radical (unpaired) electrons. The first-order valence-corrected chi connectivity index (χ1v) is 7.65. The summed E-state index contributed by atoms with van der Waals surface area (Å²) < 4.78 is 2.05. The van der Waals surface area contributed by atoms with E-state index in [1.807, 2.05) is 6.20 Å². The number of hydrogen-bond donors (Lipinski definition) is 2. The molecule has 1 fully saturated rings. The van der Waals surface area contributed by atoms with Gasteiger partial charge in [-0.05, 0) is 56.4 Å². The highest BCUT2D eigenvalue weighted by molar-refractivity contribution is 5.08. The number of hydrazine groups is 1. The topological polar surface area (TPSA) is 55.9 Å². The first kappa shape index (κ1) is 14.5. The van der Waals surface area contributed by atoms with Gasteiger partial charge in [-0.3, -0.25) is 16.0 Å². The van der Waals surface area contributed by atoms with Gasteiger partial charge in [0.2, 0.25) is 0 Å². The predicted octanol–water partition coefficient (Wildman–Crippen LogP) is 2.87. The minimum atomic E-state index is 0.246. The number of nitrogens with two attached hydrogens (primary N) is 1. The molecule has 4 heteroatoms. The molecule has 108 valence electrons. The Morgan fingerprint density at radius 2 is 1.95 bits per heavy atom. The number of nitrogens with zero attached hydrogens (tertiary/aromatic N) is 2. The minimum Gasteiger partial charge on any atom is -0.271 e. The molecule has 1 aliphatic rings. The molecule has 0 spiro atoms. The van der Waals surface area contributed by atoms with Crippen molar-refractivity contribution in [1.82, 2.24) is 15.2 Å². The zero-order chi connectivity index (χ0) is 13.8. The normalized spacial score (nSPS) is 25.7. The van der Waals surface area contributed by atoms with Gasteiger partial charge in [0, 0.05) is 12.7 Å². The summed E-state index contributed by atoms with van der Waals surface area (Å²) in [5.41, 5.74) is 4.27. The number of aryl methyl sites for hydroxylation is 1. The van der Waals surface area contributed by atoms with Gasteiger partial charge in [0.15, 0.2) is 0 Å². The Balaban J connectivity index is 2.04. The molecule has 1 unspecified atom stereocenters. The van der Waals surface area contributed by atoms with Crippen molar-refractivity contribution in [3.8, 4) is 0 Å². The number of aromatic nitrogens is 2. The summed E-state index contributed by atoms with van der Waals surface area (Å²) in [5.74, 6) is 8.17. The fourth-order valence-corrected chi connectivity index (χ4v) is 3.48. The van der Waals surface area contributed by atoms with E-state index in [1.54, 1.807) is 0 Å². The Morgan fingerprint density at radius 1 is 1.32 bits per heavy atom. The van der Waals surface area contributed by atoms with Crippen molar-refractivity contribution in [3.05, 3.63) is 18.0 Å². The minimum absolute atomic E-state index is 0.246. The van der Waals surface area contributed by atoms with E-state index in [1.165, 1.54) is 31.4 Å². The van der Waals surface area contributed by atoms with Crippen molar-refractivity contribution in [2.75, 3.05) is 0 Å². The van der Waals surface area contributed by atoms with Gasteiger partial charge in [-0.25, -0.2) is 0 Å². The van der Waals surface area contributed by atoms with Crippen LogP contribution in [-0.4, -0.2) is 9.78 Å². The van der Waals surface area contributed by atoms with Crippen molar-refractivity contribution in [1.29, 1.82) is 0 Å². The van der Waals surface area contributed by atoms with Gasteiger partial charge < -0.3 is 0 Å². The largest absolute Gasteiger partial charge is 0.271 e. The van der Waals surface area contributed by atoms with Crippen LogP contribution in [0, 0.1) is 17.8 Å². The van der Waals surface area contributed by atoms with Gasteiger partial charge in [0.05, 0.1) is 11.7 Å². The summed E-state index contributed by atoms with van der Waals surface area (Å²) in [7, 11) is 0. The lowest BCUT2D eigenvalue weighted by atomic mass is 9.74. The number of rotatable bonds is 5. The van der Waals surface area contributed by atoms with Gasteiger partial charge in [-0.1, -0.05) is 13.8 Å². The Kier molecular flexibility index (Phi) is 4.99. The van der Waals surface area contributed by atoms with E-state index in [9.17, 15) is 0 Å². The second-order valence-corrected chi connectivity index (χ2v) is 6.14. The molecule has 0 saturated heterocycles. The maximum absolute atomic E-state index is 5.82. The van der Waals surface area contributed by atoms with E-state index in [0.29, 0.717) is 5.92 Å². The van der Waals surface area contributed by atoms with Crippen LogP contribution in [0.25, 0.3) is 0 Å². The van der Waals surface area contributed by atoms with Crippen molar-refractivity contribution < 1.29 is 0 Å². The maximum Gasteiger partial charge on any atom is 0.0657 e. The Morgan fingerprint density at radius 3 is 2.47 bits per heavy atom. The molecule has 1 atom stereocenters. The molecular formula is C15H28N4. The molecule has 2 rings (SSSR count). The molecule has 4 nitrogen and oxygen atoms in total. The number of nitrogens with one attached hydrogen (secondary N) is 1. The lowest BCUT2D eigenvalue weighted by Crippen LogP contribution is -2.37. The van der Waals surface area contributed by atoms with E-state index in [2.05, 4.69) is 42.0 Å². The van der Waals surface area contributed by atoms with E-state index in [0.717, 1.165) is 18.4 Å². The van der Waals surface area contributed by atoms with Crippen LogP contribution in [0.15, 0.2) is 12.3 Å². The first-order chi connectivity index (χ1) is 9.17. The van der Waals surface area contributed by atoms with Crippen LogP contribution < -0.4 is 11.3 Å². The molecule has 0 bridgehead atoms.